The van der Waals surface area contributed by atoms with Gasteiger partial charge in [-0.2, -0.15) is 0 Å². The molecule has 4 heteroatoms. The molecule has 2 rings (SSSR count). The van der Waals surface area contributed by atoms with Crippen molar-refractivity contribution in [3.8, 4) is 5.75 Å². The average Bonchev–Trinajstić information content (AvgIpc) is 2.39. The van der Waals surface area contributed by atoms with Crippen LogP contribution in [0.4, 0.5) is 4.39 Å². The van der Waals surface area contributed by atoms with Gasteiger partial charge >= 0.3 is 0 Å². The fourth-order valence-corrected chi connectivity index (χ4v) is 2.13. The van der Waals surface area contributed by atoms with Gasteiger partial charge in [-0.15, -0.1) is 0 Å². The lowest BCUT2D eigenvalue weighted by Gasteiger charge is -2.12. The van der Waals surface area contributed by atoms with Crippen molar-refractivity contribution >= 4 is 15.9 Å². The first-order valence-corrected chi connectivity index (χ1v) is 6.26. The highest BCUT2D eigenvalue weighted by Crippen LogP contribution is 2.30. The van der Waals surface area contributed by atoms with E-state index < -0.39 is 0 Å². The fraction of sp³-hybridized carbons (Fsp3) is 0.143. The van der Waals surface area contributed by atoms with E-state index in [0.717, 1.165) is 4.47 Å². The van der Waals surface area contributed by atoms with E-state index in [0.29, 0.717) is 16.9 Å². The Bertz CT molecular complexity index is 543. The Morgan fingerprint density at radius 1 is 1.06 bits per heavy atom. The van der Waals surface area contributed by atoms with E-state index in [1.54, 1.807) is 24.3 Å². The molecule has 0 saturated heterocycles. The summed E-state index contributed by atoms with van der Waals surface area (Å²) < 4.78 is 19.8. The van der Waals surface area contributed by atoms with Gasteiger partial charge < -0.3 is 9.84 Å². The molecule has 0 unspecified atom stereocenters. The molecular formula is C14H12BrFO2. The van der Waals surface area contributed by atoms with E-state index in [1.165, 1.54) is 6.07 Å². The Balaban J connectivity index is 2.18. The highest BCUT2D eigenvalue weighted by Gasteiger charge is 2.08. The van der Waals surface area contributed by atoms with Gasteiger partial charge in [-0.05, 0) is 28.1 Å². The van der Waals surface area contributed by atoms with Gasteiger partial charge in [0.25, 0.3) is 0 Å². The molecule has 94 valence electrons. The highest BCUT2D eigenvalue weighted by atomic mass is 79.9. The second kappa shape index (κ2) is 5.98. The molecule has 0 atom stereocenters. The average molecular weight is 311 g/mol. The molecule has 0 aliphatic carbocycles. The minimum absolute atomic E-state index is 0.119. The van der Waals surface area contributed by atoms with Gasteiger partial charge in [0.05, 0.1) is 11.1 Å². The van der Waals surface area contributed by atoms with Crippen molar-refractivity contribution in [3.05, 3.63) is 63.9 Å². The molecular weight excluding hydrogens is 299 g/mol. The largest absolute Gasteiger partial charge is 0.487 e. The lowest BCUT2D eigenvalue weighted by Crippen LogP contribution is -2.01. The molecule has 0 fully saturated rings. The van der Waals surface area contributed by atoms with E-state index >= 15 is 0 Å². The van der Waals surface area contributed by atoms with E-state index in [1.807, 2.05) is 12.1 Å². The number of aliphatic hydroxyl groups is 1. The lowest BCUT2D eigenvalue weighted by atomic mass is 10.2. The third kappa shape index (κ3) is 2.89. The zero-order valence-corrected chi connectivity index (χ0v) is 11.2. The van der Waals surface area contributed by atoms with Crippen molar-refractivity contribution in [1.29, 1.82) is 0 Å². The molecule has 1 N–H and O–H groups in total. The molecule has 0 spiro atoms. The summed E-state index contributed by atoms with van der Waals surface area (Å²) in [4.78, 5) is 0. The van der Waals surface area contributed by atoms with Crippen LogP contribution in [-0.4, -0.2) is 5.11 Å². The molecule has 2 aromatic rings. The zero-order valence-electron chi connectivity index (χ0n) is 9.57. The second-order valence-electron chi connectivity index (χ2n) is 3.77. The molecule has 0 aliphatic rings. The molecule has 0 saturated carbocycles. The molecule has 0 aromatic heterocycles. The first-order chi connectivity index (χ1) is 8.72. The Morgan fingerprint density at radius 3 is 2.50 bits per heavy atom. The maximum Gasteiger partial charge on any atom is 0.139 e. The number of aliphatic hydroxyl groups excluding tert-OH is 1. The van der Waals surface area contributed by atoms with Gasteiger partial charge in [-0.1, -0.05) is 30.3 Å². The van der Waals surface area contributed by atoms with E-state index in [-0.39, 0.29) is 19.0 Å². The highest BCUT2D eigenvalue weighted by molar-refractivity contribution is 9.10. The van der Waals surface area contributed by atoms with Crippen LogP contribution in [0.15, 0.2) is 46.9 Å². The number of hydrogen-bond donors (Lipinski definition) is 1. The smallest absolute Gasteiger partial charge is 0.139 e. The van der Waals surface area contributed by atoms with Crippen molar-refractivity contribution in [2.75, 3.05) is 0 Å². The normalized spacial score (nSPS) is 10.4. The summed E-state index contributed by atoms with van der Waals surface area (Å²) in [5, 5.41) is 9.22. The minimum atomic E-state index is -0.296. The third-order valence-electron chi connectivity index (χ3n) is 2.55. The van der Waals surface area contributed by atoms with Gasteiger partial charge in [0.15, 0.2) is 0 Å². The molecule has 2 aromatic carbocycles. The van der Waals surface area contributed by atoms with Gasteiger partial charge in [0, 0.05) is 11.1 Å². The molecule has 0 amide bonds. The number of ether oxygens (including phenoxy) is 1. The van der Waals surface area contributed by atoms with Crippen LogP contribution in [0.1, 0.15) is 11.1 Å². The Kier molecular flexibility index (Phi) is 4.33. The van der Waals surface area contributed by atoms with Crippen molar-refractivity contribution in [3.63, 3.8) is 0 Å². The number of hydrogen-bond acceptors (Lipinski definition) is 2. The standard InChI is InChI=1S/C14H12BrFO2/c15-12-6-3-5-10(8-17)14(12)18-9-11-4-1-2-7-13(11)16/h1-7,17H,8-9H2. The van der Waals surface area contributed by atoms with Crippen molar-refractivity contribution in [1.82, 2.24) is 0 Å². The van der Waals surface area contributed by atoms with Crippen LogP contribution < -0.4 is 4.74 Å². The number of para-hydroxylation sites is 1. The number of benzene rings is 2. The van der Waals surface area contributed by atoms with E-state index in [4.69, 9.17) is 4.74 Å². The van der Waals surface area contributed by atoms with Crippen LogP contribution in [0.25, 0.3) is 0 Å². The predicted octanol–water partition coefficient (Wildman–Crippen LogP) is 3.66. The molecule has 0 bridgehead atoms. The molecule has 2 nitrogen and oxygen atoms in total. The van der Waals surface area contributed by atoms with Crippen LogP contribution in [0.2, 0.25) is 0 Å². The topological polar surface area (TPSA) is 29.5 Å². The SMILES string of the molecule is OCc1cccc(Br)c1OCc1ccccc1F. The Morgan fingerprint density at radius 2 is 1.78 bits per heavy atom. The summed E-state index contributed by atoms with van der Waals surface area (Å²) in [5.74, 6) is 0.248. The number of rotatable bonds is 4. The van der Waals surface area contributed by atoms with Crippen LogP contribution in [0, 0.1) is 5.82 Å². The monoisotopic (exact) mass is 310 g/mol. The molecule has 18 heavy (non-hydrogen) atoms. The van der Waals surface area contributed by atoms with E-state index in [2.05, 4.69) is 15.9 Å². The van der Waals surface area contributed by atoms with Gasteiger partial charge in [-0.3, -0.25) is 0 Å². The quantitative estimate of drug-likeness (QED) is 0.934. The molecule has 0 aliphatic heterocycles. The predicted molar refractivity (Wildman–Crippen MR) is 70.8 cm³/mol. The van der Waals surface area contributed by atoms with Crippen LogP contribution >= 0.6 is 15.9 Å². The van der Waals surface area contributed by atoms with Crippen molar-refractivity contribution in [2.24, 2.45) is 0 Å². The third-order valence-corrected chi connectivity index (χ3v) is 3.17. The summed E-state index contributed by atoms with van der Waals surface area (Å²) in [5.41, 5.74) is 1.15. The van der Waals surface area contributed by atoms with Crippen molar-refractivity contribution < 1.29 is 14.2 Å². The molecule has 0 heterocycles. The summed E-state index contributed by atoms with van der Waals surface area (Å²) in [6.07, 6.45) is 0. The number of halogens is 2. The molecule has 0 radical (unpaired) electrons. The lowest BCUT2D eigenvalue weighted by molar-refractivity contribution is 0.256. The van der Waals surface area contributed by atoms with Crippen LogP contribution in [0.3, 0.4) is 0 Å². The summed E-state index contributed by atoms with van der Waals surface area (Å²) in [6.45, 7) is 0.00827. The summed E-state index contributed by atoms with van der Waals surface area (Å²) in [7, 11) is 0. The van der Waals surface area contributed by atoms with Crippen LogP contribution in [0.5, 0.6) is 5.75 Å². The second-order valence-corrected chi connectivity index (χ2v) is 4.62. The Hall–Kier alpha value is -1.39. The first-order valence-electron chi connectivity index (χ1n) is 5.47. The fourth-order valence-electron chi connectivity index (χ4n) is 1.61. The summed E-state index contributed by atoms with van der Waals surface area (Å²) in [6, 6.07) is 11.9. The van der Waals surface area contributed by atoms with Gasteiger partial charge in [0.1, 0.15) is 18.2 Å². The Labute approximate surface area is 113 Å². The minimum Gasteiger partial charge on any atom is -0.487 e. The van der Waals surface area contributed by atoms with E-state index in [9.17, 15) is 9.50 Å². The maximum atomic E-state index is 13.4. The maximum absolute atomic E-state index is 13.4. The zero-order chi connectivity index (χ0) is 13.0. The van der Waals surface area contributed by atoms with Crippen molar-refractivity contribution in [2.45, 2.75) is 13.2 Å². The van der Waals surface area contributed by atoms with Crippen LogP contribution in [-0.2, 0) is 13.2 Å². The first kappa shape index (κ1) is 13.1. The van der Waals surface area contributed by atoms with Gasteiger partial charge in [0.2, 0.25) is 0 Å². The summed E-state index contributed by atoms with van der Waals surface area (Å²) >= 11 is 3.35. The van der Waals surface area contributed by atoms with Gasteiger partial charge in [-0.25, -0.2) is 4.39 Å².